The second kappa shape index (κ2) is 27.4. The van der Waals surface area contributed by atoms with Crippen LogP contribution in [-0.2, 0) is 0 Å². The standard InChI is InChI=1S/2ClH.H2O.2Tb/h2*1H;1H2;;. The van der Waals surface area contributed by atoms with E-state index in [0.717, 1.165) is 0 Å². The normalized spacial score (nSPS) is 0. The van der Waals surface area contributed by atoms with Crippen LogP contribution in [0.2, 0.25) is 0 Å². The van der Waals surface area contributed by atoms with Gasteiger partial charge in [0.2, 0.25) is 0 Å². The van der Waals surface area contributed by atoms with Crippen molar-refractivity contribution in [3.63, 3.8) is 0 Å². The van der Waals surface area contributed by atoms with Crippen LogP contribution in [0.25, 0.3) is 0 Å². The van der Waals surface area contributed by atoms with Gasteiger partial charge in [0, 0.05) is 77.2 Å². The van der Waals surface area contributed by atoms with Crippen molar-refractivity contribution in [3.05, 3.63) is 0 Å². The third-order valence-corrected chi connectivity index (χ3v) is 0. The van der Waals surface area contributed by atoms with Gasteiger partial charge in [-0.15, -0.1) is 24.8 Å². The predicted octanol–water partition coefficient (Wildman–Crippen LogP) is 0.0189. The predicted molar refractivity (Wildman–Crippen MR) is 18.1 cm³/mol. The maximum Gasteiger partial charge on any atom is 0 e. The van der Waals surface area contributed by atoms with Gasteiger partial charge < -0.3 is 5.48 Å². The molecule has 5 heteroatoms. The maximum absolute atomic E-state index is 0. The van der Waals surface area contributed by atoms with Crippen molar-refractivity contribution in [2.45, 2.75) is 0 Å². The summed E-state index contributed by atoms with van der Waals surface area (Å²) in [5, 5.41) is 0. The molecule has 0 heterocycles. The Morgan fingerprint density at radius 2 is 0.600 bits per heavy atom. The summed E-state index contributed by atoms with van der Waals surface area (Å²) in [5.74, 6) is 0. The van der Waals surface area contributed by atoms with E-state index in [-0.39, 0.29) is 108 Å². The monoisotopic (exact) mass is 408 g/mol. The van der Waals surface area contributed by atoms with Gasteiger partial charge in [-0.05, 0) is 0 Å². The van der Waals surface area contributed by atoms with Crippen LogP contribution in [0.3, 0.4) is 0 Å². The Morgan fingerprint density at radius 3 is 0.600 bits per heavy atom. The first-order valence-electron chi connectivity index (χ1n) is 0. The van der Waals surface area contributed by atoms with E-state index in [9.17, 15) is 0 Å². The van der Waals surface area contributed by atoms with Crippen LogP contribution in [0, 0.1) is 77.2 Å². The first-order chi connectivity index (χ1) is 0. The smallest absolute Gasteiger partial charge is 0 e. The van der Waals surface area contributed by atoms with Crippen LogP contribution >= 0.6 is 24.8 Å². The summed E-state index contributed by atoms with van der Waals surface area (Å²) in [4.78, 5) is 0. The molecule has 0 bridgehead atoms. The third kappa shape index (κ3) is 19.2. The SMILES string of the molecule is Cl.Cl.O.[Tb].[Tb]. The first kappa shape index (κ1) is 42.4. The van der Waals surface area contributed by atoms with E-state index in [2.05, 4.69) is 0 Å². The molecular formula is H4Cl2OTb2. The van der Waals surface area contributed by atoms with Crippen LogP contribution in [0.1, 0.15) is 0 Å². The zero-order valence-corrected chi connectivity index (χ0v) is 7.89. The summed E-state index contributed by atoms with van der Waals surface area (Å²) in [6, 6.07) is 0. The minimum Gasteiger partial charge on any atom is -0.412 e. The molecule has 0 amide bonds. The Morgan fingerprint density at radius 1 is 0.600 bits per heavy atom. The van der Waals surface area contributed by atoms with Crippen molar-refractivity contribution < 1.29 is 82.7 Å². The largest absolute Gasteiger partial charge is 0.412 e. The van der Waals surface area contributed by atoms with E-state index < -0.39 is 0 Å². The molecule has 0 aromatic rings. The minimum absolute atomic E-state index is 0. The van der Waals surface area contributed by atoms with Crippen LogP contribution in [0.4, 0.5) is 0 Å². The van der Waals surface area contributed by atoms with Gasteiger partial charge >= 0.3 is 0 Å². The molecule has 0 unspecified atom stereocenters. The average Bonchev–Trinajstić information content (AvgIpc) is 0. The van der Waals surface area contributed by atoms with E-state index in [4.69, 9.17) is 0 Å². The summed E-state index contributed by atoms with van der Waals surface area (Å²) in [5.41, 5.74) is 0. The van der Waals surface area contributed by atoms with Gasteiger partial charge in [-0.1, -0.05) is 0 Å². The van der Waals surface area contributed by atoms with Crippen LogP contribution < -0.4 is 0 Å². The molecule has 0 saturated heterocycles. The van der Waals surface area contributed by atoms with E-state index in [0.29, 0.717) is 0 Å². The van der Waals surface area contributed by atoms with E-state index >= 15 is 0 Å². The molecule has 2 N–H and O–H groups in total. The third-order valence-electron chi connectivity index (χ3n) is 0. The van der Waals surface area contributed by atoms with Crippen molar-refractivity contribution in [1.29, 1.82) is 0 Å². The second-order valence-electron chi connectivity index (χ2n) is 0. The van der Waals surface area contributed by atoms with E-state index in [1.54, 1.807) is 0 Å². The van der Waals surface area contributed by atoms with Crippen molar-refractivity contribution in [2.24, 2.45) is 0 Å². The summed E-state index contributed by atoms with van der Waals surface area (Å²) in [6.07, 6.45) is 0. The molecule has 0 rings (SSSR count). The molecule has 0 spiro atoms. The summed E-state index contributed by atoms with van der Waals surface area (Å²) in [6.45, 7) is 0. The van der Waals surface area contributed by atoms with Crippen LogP contribution in [0.15, 0.2) is 0 Å². The molecular weight excluding hydrogens is 405 g/mol. The molecule has 0 fully saturated rings. The van der Waals surface area contributed by atoms with Crippen LogP contribution in [0.5, 0.6) is 0 Å². The summed E-state index contributed by atoms with van der Waals surface area (Å²) >= 11 is 0. The average molecular weight is 409 g/mol. The van der Waals surface area contributed by atoms with Crippen LogP contribution in [-0.4, -0.2) is 5.48 Å². The topological polar surface area (TPSA) is 31.5 Å². The van der Waals surface area contributed by atoms with E-state index in [1.807, 2.05) is 0 Å². The summed E-state index contributed by atoms with van der Waals surface area (Å²) < 4.78 is 0. The zero-order valence-electron chi connectivity index (χ0n) is 1.98. The molecule has 1 nitrogen and oxygen atoms in total. The van der Waals surface area contributed by atoms with Crippen molar-refractivity contribution in [3.8, 4) is 0 Å². The molecule has 0 aliphatic heterocycles. The maximum atomic E-state index is 0. The zero-order chi connectivity index (χ0) is 0. The summed E-state index contributed by atoms with van der Waals surface area (Å²) in [7, 11) is 0. The van der Waals surface area contributed by atoms with E-state index in [1.165, 1.54) is 0 Å². The van der Waals surface area contributed by atoms with Crippen molar-refractivity contribution in [1.82, 2.24) is 0 Å². The molecule has 5 heavy (non-hydrogen) atoms. The molecule has 0 saturated carbocycles. The van der Waals surface area contributed by atoms with Gasteiger partial charge in [-0.25, -0.2) is 0 Å². The van der Waals surface area contributed by atoms with Gasteiger partial charge in [0.25, 0.3) is 0 Å². The Balaban J connectivity index is 0. The number of rotatable bonds is 0. The fourth-order valence-corrected chi connectivity index (χ4v) is 0. The minimum atomic E-state index is 0. The molecule has 42 valence electrons. The molecule has 0 aromatic heterocycles. The van der Waals surface area contributed by atoms with Crippen molar-refractivity contribution >= 4 is 24.8 Å². The fourth-order valence-electron chi connectivity index (χ4n) is 0. The quantitative estimate of drug-likeness (QED) is 0.541. The number of halogens is 2. The first-order valence-corrected chi connectivity index (χ1v) is 0. The Labute approximate surface area is 105 Å². The van der Waals surface area contributed by atoms with Gasteiger partial charge in [0.1, 0.15) is 0 Å². The molecule has 0 aromatic carbocycles. The Kier molecular flexibility index (Phi) is 233. The Hall–Kier alpha value is 3.11. The number of hydrogen-bond acceptors (Lipinski definition) is 0. The second-order valence-corrected chi connectivity index (χ2v) is 0. The molecule has 2 radical (unpaired) electrons. The molecule has 0 aliphatic carbocycles. The van der Waals surface area contributed by atoms with Gasteiger partial charge in [0.15, 0.2) is 0 Å². The molecule has 0 atom stereocenters. The van der Waals surface area contributed by atoms with Gasteiger partial charge in [0.05, 0.1) is 0 Å². The number of hydrogen-bond donors (Lipinski definition) is 0. The van der Waals surface area contributed by atoms with Gasteiger partial charge in [-0.2, -0.15) is 0 Å². The molecule has 0 aliphatic rings. The Bertz CT molecular complexity index is 7.61. The fraction of sp³-hybridized carbons (Fsp3) is 0. The van der Waals surface area contributed by atoms with Gasteiger partial charge in [-0.3, -0.25) is 0 Å². The van der Waals surface area contributed by atoms with Crippen molar-refractivity contribution in [2.75, 3.05) is 0 Å².